The molecule has 9 atom stereocenters. The average molecular weight is 518 g/mol. The molecule has 6 aliphatic rings. The van der Waals surface area contributed by atoms with Gasteiger partial charge in [0, 0.05) is 33.4 Å². The van der Waals surface area contributed by atoms with E-state index in [4.69, 9.17) is 23.7 Å². The van der Waals surface area contributed by atoms with Crippen molar-refractivity contribution < 1.29 is 28.5 Å². The lowest BCUT2D eigenvalue weighted by Gasteiger charge is -2.43. The molecule has 4 aliphatic heterocycles. The summed E-state index contributed by atoms with van der Waals surface area (Å²) >= 11 is 0. The number of likely N-dealkylation sites (tertiary alicyclic amines) is 1. The predicted molar refractivity (Wildman–Crippen MR) is 139 cm³/mol. The van der Waals surface area contributed by atoms with E-state index in [1.54, 1.807) is 7.11 Å². The molecule has 6 rings (SSSR count). The minimum atomic E-state index is -0.307. The van der Waals surface area contributed by atoms with E-state index in [2.05, 4.69) is 26.8 Å². The summed E-state index contributed by atoms with van der Waals surface area (Å²) < 4.78 is 30.2. The third-order valence-corrected chi connectivity index (χ3v) is 10.6. The van der Waals surface area contributed by atoms with Crippen molar-refractivity contribution in [1.82, 2.24) is 4.90 Å². The van der Waals surface area contributed by atoms with Gasteiger partial charge in [-0.15, -0.1) is 0 Å². The number of allylic oxidation sites excluding steroid dienone is 1. The Balaban J connectivity index is 1.05. The fourth-order valence-corrected chi connectivity index (χ4v) is 8.49. The molecule has 0 radical (unpaired) electrons. The Morgan fingerprint density at radius 2 is 1.78 bits per heavy atom. The van der Waals surface area contributed by atoms with E-state index < -0.39 is 0 Å². The van der Waals surface area contributed by atoms with Gasteiger partial charge < -0.3 is 28.6 Å². The molecule has 7 heteroatoms. The highest BCUT2D eigenvalue weighted by atomic mass is 16.6. The van der Waals surface area contributed by atoms with Gasteiger partial charge in [-0.3, -0.25) is 0 Å². The van der Waals surface area contributed by atoms with Crippen molar-refractivity contribution in [3.8, 4) is 0 Å². The maximum Gasteiger partial charge on any atom is 0.410 e. The summed E-state index contributed by atoms with van der Waals surface area (Å²) in [5.41, 5.74) is 0.805. The number of carbonyl (C=O) groups is 1. The molecule has 1 amide bonds. The monoisotopic (exact) mass is 517 g/mol. The molecule has 0 aromatic carbocycles. The van der Waals surface area contributed by atoms with Crippen LogP contribution in [0.5, 0.6) is 0 Å². The number of hydrogen-bond donors (Lipinski definition) is 0. The van der Waals surface area contributed by atoms with Crippen LogP contribution in [0.1, 0.15) is 72.1 Å². The second kappa shape index (κ2) is 10.1. The first-order chi connectivity index (χ1) is 17.8. The first-order valence-corrected chi connectivity index (χ1v) is 14.8. The summed E-state index contributed by atoms with van der Waals surface area (Å²) in [6.07, 6.45) is 10.7. The fourth-order valence-electron chi connectivity index (χ4n) is 8.49. The Morgan fingerprint density at radius 3 is 2.41 bits per heavy atom. The Kier molecular flexibility index (Phi) is 7.13. The molecular formula is C30H47NO6. The van der Waals surface area contributed by atoms with Crippen molar-refractivity contribution in [3.63, 3.8) is 0 Å². The molecule has 1 spiro atoms. The smallest absolute Gasteiger partial charge is 0.410 e. The predicted octanol–water partition coefficient (Wildman–Crippen LogP) is 4.97. The molecule has 0 aromatic rings. The van der Waals surface area contributed by atoms with Crippen LogP contribution in [0.15, 0.2) is 11.6 Å². The van der Waals surface area contributed by atoms with Gasteiger partial charge in [0.1, 0.15) is 23.4 Å². The number of ether oxygens (including phenoxy) is 5. The van der Waals surface area contributed by atoms with Crippen LogP contribution >= 0.6 is 0 Å². The van der Waals surface area contributed by atoms with Crippen molar-refractivity contribution in [1.29, 1.82) is 0 Å². The minimum Gasteiger partial charge on any atom is -0.443 e. The standard InChI is InChI=1S/C30H47NO6/c1-19(2)5-6-25-29(3,37-25)27-26(33-4)24(7-10-30(27)18-35-30)36-28(32)31-16-22-14-21(15-23(22)17-31)13-20-8-11-34-12-9-20/h5,20-27H,6-18H2,1-4H3/t21?,22-,23+,24-,25-,26-,27?,29+,30+/m1/s1. The number of hydrogen-bond acceptors (Lipinski definition) is 6. The highest BCUT2D eigenvalue weighted by Crippen LogP contribution is 2.59. The molecular weight excluding hydrogens is 470 g/mol. The summed E-state index contributed by atoms with van der Waals surface area (Å²) in [4.78, 5) is 15.3. The topological polar surface area (TPSA) is 73.1 Å². The molecule has 0 bridgehead atoms. The van der Waals surface area contributed by atoms with Gasteiger partial charge in [0.25, 0.3) is 0 Å². The summed E-state index contributed by atoms with van der Waals surface area (Å²) in [5.74, 6) is 2.99. The number of carbonyl (C=O) groups excluding carboxylic acids is 1. The number of epoxide rings is 2. The SMILES string of the molecule is CO[C@H]1C([C@@]2(C)O[C@@H]2CC=C(C)C)[C@]2(CC[C@H]1OC(=O)N1C[C@H]3CC(CC4CCOCC4)C[C@H]3C1)CO2. The lowest BCUT2D eigenvalue weighted by atomic mass is 9.68. The molecule has 0 aromatic heterocycles. The fraction of sp³-hybridized carbons (Fsp3) is 0.900. The molecule has 7 nitrogen and oxygen atoms in total. The number of nitrogens with zero attached hydrogens (tertiary/aromatic N) is 1. The van der Waals surface area contributed by atoms with E-state index in [1.807, 2.05) is 4.90 Å². The summed E-state index contributed by atoms with van der Waals surface area (Å²) in [6.45, 7) is 10.7. The van der Waals surface area contributed by atoms with Gasteiger partial charge in [-0.2, -0.15) is 0 Å². The van der Waals surface area contributed by atoms with Gasteiger partial charge in [-0.05, 0) is 95.8 Å². The van der Waals surface area contributed by atoms with Gasteiger partial charge >= 0.3 is 6.09 Å². The second-order valence-corrected chi connectivity index (χ2v) is 13.4. The molecule has 4 saturated heterocycles. The van der Waals surface area contributed by atoms with Crippen LogP contribution in [0.4, 0.5) is 4.79 Å². The van der Waals surface area contributed by atoms with Gasteiger partial charge in [0.15, 0.2) is 0 Å². The first-order valence-electron chi connectivity index (χ1n) is 14.8. The molecule has 208 valence electrons. The van der Waals surface area contributed by atoms with Gasteiger partial charge in [0.05, 0.1) is 18.6 Å². The van der Waals surface area contributed by atoms with Crippen LogP contribution in [0.25, 0.3) is 0 Å². The quantitative estimate of drug-likeness (QED) is 0.351. The third kappa shape index (κ3) is 5.10. The Labute approximate surface area is 222 Å². The van der Waals surface area contributed by atoms with Crippen molar-refractivity contribution in [2.24, 2.45) is 29.6 Å². The lowest BCUT2D eigenvalue weighted by molar-refractivity contribution is -0.121. The van der Waals surface area contributed by atoms with E-state index >= 15 is 0 Å². The summed E-state index contributed by atoms with van der Waals surface area (Å²) in [6, 6.07) is 0. The van der Waals surface area contributed by atoms with Crippen molar-refractivity contribution >= 4 is 6.09 Å². The largest absolute Gasteiger partial charge is 0.443 e. The first kappa shape index (κ1) is 26.1. The average Bonchev–Trinajstić information content (AvgIpc) is 3.68. The molecule has 2 aliphatic carbocycles. The van der Waals surface area contributed by atoms with Gasteiger partial charge in [-0.25, -0.2) is 4.79 Å². The third-order valence-electron chi connectivity index (χ3n) is 10.6. The number of rotatable bonds is 7. The van der Waals surface area contributed by atoms with E-state index in [0.717, 1.165) is 64.0 Å². The van der Waals surface area contributed by atoms with Crippen LogP contribution in [0.2, 0.25) is 0 Å². The second-order valence-electron chi connectivity index (χ2n) is 13.4. The Hall–Kier alpha value is -1.15. The van der Waals surface area contributed by atoms with Crippen LogP contribution in [-0.2, 0) is 23.7 Å². The maximum absolute atomic E-state index is 13.4. The van der Waals surface area contributed by atoms with Crippen LogP contribution in [0, 0.1) is 29.6 Å². The Morgan fingerprint density at radius 1 is 1.08 bits per heavy atom. The van der Waals surface area contributed by atoms with Crippen molar-refractivity contribution in [2.45, 2.75) is 102 Å². The highest BCUT2D eigenvalue weighted by Gasteiger charge is 2.72. The van der Waals surface area contributed by atoms with E-state index in [9.17, 15) is 4.79 Å². The van der Waals surface area contributed by atoms with E-state index in [0.29, 0.717) is 11.8 Å². The van der Waals surface area contributed by atoms with Crippen molar-refractivity contribution in [2.75, 3.05) is 40.0 Å². The molecule has 2 unspecified atom stereocenters. The molecule has 4 heterocycles. The zero-order chi connectivity index (χ0) is 25.8. The zero-order valence-corrected chi connectivity index (χ0v) is 23.3. The summed E-state index contributed by atoms with van der Waals surface area (Å²) in [5, 5.41) is 0. The molecule has 37 heavy (non-hydrogen) atoms. The number of amides is 1. The molecule has 0 N–H and O–H groups in total. The number of fused-ring (bicyclic) bond motifs is 1. The summed E-state index contributed by atoms with van der Waals surface area (Å²) in [7, 11) is 1.75. The van der Waals surface area contributed by atoms with Crippen LogP contribution < -0.4 is 0 Å². The van der Waals surface area contributed by atoms with Gasteiger partial charge in [-0.1, -0.05) is 11.6 Å². The Bertz CT molecular complexity index is 863. The van der Waals surface area contributed by atoms with Crippen LogP contribution in [-0.4, -0.2) is 80.5 Å². The van der Waals surface area contributed by atoms with Crippen LogP contribution in [0.3, 0.4) is 0 Å². The lowest BCUT2D eigenvalue weighted by Crippen LogP contribution is -2.56. The molecule has 2 saturated carbocycles. The number of methoxy groups -OCH3 is 1. The minimum absolute atomic E-state index is 0.0658. The molecule has 6 fully saturated rings. The normalized spacial score (nSPS) is 45.1. The highest BCUT2D eigenvalue weighted by molar-refractivity contribution is 5.68. The van der Waals surface area contributed by atoms with Crippen molar-refractivity contribution in [3.05, 3.63) is 11.6 Å². The van der Waals surface area contributed by atoms with Gasteiger partial charge in [0.2, 0.25) is 0 Å². The zero-order valence-electron chi connectivity index (χ0n) is 23.3. The van der Waals surface area contributed by atoms with E-state index in [-0.39, 0.29) is 41.5 Å². The maximum atomic E-state index is 13.4. The van der Waals surface area contributed by atoms with E-state index in [1.165, 1.54) is 37.7 Å².